The van der Waals surface area contributed by atoms with Crippen molar-refractivity contribution in [2.24, 2.45) is 0 Å². The molecule has 29 heavy (non-hydrogen) atoms. The van der Waals surface area contributed by atoms with Gasteiger partial charge in [0.2, 0.25) is 15.9 Å². The van der Waals surface area contributed by atoms with Gasteiger partial charge in [0, 0.05) is 48.9 Å². The second-order valence-electron chi connectivity index (χ2n) is 6.89. The van der Waals surface area contributed by atoms with E-state index in [9.17, 15) is 13.2 Å². The smallest absolute Gasteiger partial charge is 0.243 e. The summed E-state index contributed by atoms with van der Waals surface area (Å²) in [4.78, 5) is 15.1. The quantitative estimate of drug-likeness (QED) is 0.799. The Hall–Kier alpha value is -2.23. The number of methoxy groups -OCH3 is 1. The van der Waals surface area contributed by atoms with Crippen molar-refractivity contribution in [1.82, 2.24) is 4.31 Å². The molecule has 2 aromatic rings. The Balaban J connectivity index is 1.48. The molecular formula is C20H23N3O4S2. The molecule has 1 fully saturated rings. The summed E-state index contributed by atoms with van der Waals surface area (Å²) in [7, 11) is -1.98. The van der Waals surface area contributed by atoms with E-state index in [1.54, 1.807) is 37.1 Å². The van der Waals surface area contributed by atoms with Gasteiger partial charge in [0.05, 0.1) is 17.7 Å². The highest BCUT2D eigenvalue weighted by molar-refractivity contribution is 7.99. The Morgan fingerprint density at radius 2 is 1.76 bits per heavy atom. The second kappa shape index (κ2) is 8.25. The number of nitrogens with one attached hydrogen (secondary N) is 1. The number of ether oxygens (including phenoxy) is 1. The highest BCUT2D eigenvalue weighted by Gasteiger charge is 2.29. The molecule has 0 spiro atoms. The molecule has 2 heterocycles. The average molecular weight is 434 g/mol. The number of hydrogen-bond acceptors (Lipinski definition) is 6. The van der Waals surface area contributed by atoms with Crippen LogP contribution in [-0.4, -0.2) is 57.7 Å². The molecule has 0 atom stereocenters. The predicted octanol–water partition coefficient (Wildman–Crippen LogP) is 2.64. The molecule has 7 nitrogen and oxygen atoms in total. The number of carbonyl (C=O) groups is 1. The zero-order chi connectivity index (χ0) is 20.4. The van der Waals surface area contributed by atoms with Crippen LogP contribution in [0.1, 0.15) is 6.42 Å². The van der Waals surface area contributed by atoms with Crippen molar-refractivity contribution in [3.8, 4) is 5.75 Å². The van der Waals surface area contributed by atoms with Crippen LogP contribution in [-0.2, 0) is 14.8 Å². The van der Waals surface area contributed by atoms with Crippen molar-refractivity contribution < 1.29 is 17.9 Å². The van der Waals surface area contributed by atoms with Gasteiger partial charge in [-0.05, 0) is 42.5 Å². The first-order valence-corrected chi connectivity index (χ1v) is 11.9. The van der Waals surface area contributed by atoms with Crippen molar-refractivity contribution in [2.45, 2.75) is 16.2 Å². The Labute approximate surface area is 175 Å². The highest BCUT2D eigenvalue weighted by Crippen LogP contribution is 2.33. The van der Waals surface area contributed by atoms with E-state index in [0.717, 1.165) is 16.3 Å². The van der Waals surface area contributed by atoms with Crippen LogP contribution in [0.25, 0.3) is 0 Å². The molecule has 154 valence electrons. The minimum absolute atomic E-state index is 0.0843. The van der Waals surface area contributed by atoms with Crippen LogP contribution in [0.3, 0.4) is 0 Å². The van der Waals surface area contributed by atoms with Gasteiger partial charge in [0.15, 0.2) is 0 Å². The van der Waals surface area contributed by atoms with Gasteiger partial charge in [0.25, 0.3) is 0 Å². The van der Waals surface area contributed by atoms with Crippen LogP contribution in [0.4, 0.5) is 11.4 Å². The monoisotopic (exact) mass is 433 g/mol. The number of nitrogens with zero attached hydrogens (tertiary/aromatic N) is 2. The van der Waals surface area contributed by atoms with Gasteiger partial charge in [-0.3, -0.25) is 4.79 Å². The summed E-state index contributed by atoms with van der Waals surface area (Å²) >= 11 is 1.56. The van der Waals surface area contributed by atoms with Gasteiger partial charge in [-0.15, -0.1) is 11.8 Å². The third-order valence-electron chi connectivity index (χ3n) is 5.13. The second-order valence-corrected chi connectivity index (χ2v) is 9.97. The van der Waals surface area contributed by atoms with Gasteiger partial charge < -0.3 is 15.0 Å². The Bertz CT molecular complexity index is 1000. The number of anilines is 2. The lowest BCUT2D eigenvalue weighted by atomic mass is 10.2. The number of piperazine rings is 1. The summed E-state index contributed by atoms with van der Waals surface area (Å²) < 4.78 is 33.0. The van der Waals surface area contributed by atoms with Gasteiger partial charge in [-0.2, -0.15) is 4.31 Å². The Morgan fingerprint density at radius 3 is 2.45 bits per heavy atom. The summed E-state index contributed by atoms with van der Waals surface area (Å²) in [5.74, 6) is 1.40. The van der Waals surface area contributed by atoms with Crippen LogP contribution in [0.2, 0.25) is 0 Å². The van der Waals surface area contributed by atoms with E-state index in [0.29, 0.717) is 44.0 Å². The van der Waals surface area contributed by atoms with Crippen LogP contribution in [0.15, 0.2) is 52.3 Å². The van der Waals surface area contributed by atoms with Crippen molar-refractivity contribution in [2.75, 3.05) is 49.3 Å². The number of carbonyl (C=O) groups excluding carboxylic acids is 1. The van der Waals surface area contributed by atoms with E-state index in [2.05, 4.69) is 10.2 Å². The number of rotatable bonds is 4. The number of amides is 1. The molecule has 0 saturated carbocycles. The van der Waals surface area contributed by atoms with E-state index in [1.165, 1.54) is 4.31 Å². The zero-order valence-electron chi connectivity index (χ0n) is 16.1. The third-order valence-corrected chi connectivity index (χ3v) is 8.10. The molecule has 1 amide bonds. The van der Waals surface area contributed by atoms with Crippen LogP contribution < -0.4 is 15.0 Å². The van der Waals surface area contributed by atoms with Crippen molar-refractivity contribution >= 4 is 39.1 Å². The first-order chi connectivity index (χ1) is 14.0. The maximum Gasteiger partial charge on any atom is 0.243 e. The summed E-state index contributed by atoms with van der Waals surface area (Å²) in [5.41, 5.74) is 1.63. The van der Waals surface area contributed by atoms with E-state index in [1.807, 2.05) is 24.3 Å². The first-order valence-electron chi connectivity index (χ1n) is 9.43. The Kier molecular flexibility index (Phi) is 5.71. The fraction of sp³-hybridized carbons (Fsp3) is 0.350. The molecule has 0 bridgehead atoms. The van der Waals surface area contributed by atoms with E-state index >= 15 is 0 Å². The van der Waals surface area contributed by atoms with Crippen molar-refractivity contribution in [3.63, 3.8) is 0 Å². The molecular weight excluding hydrogens is 410 g/mol. The van der Waals surface area contributed by atoms with Crippen LogP contribution >= 0.6 is 11.8 Å². The average Bonchev–Trinajstić information content (AvgIpc) is 2.93. The molecule has 0 aromatic heterocycles. The summed E-state index contributed by atoms with van der Waals surface area (Å²) in [6, 6.07) is 12.8. The zero-order valence-corrected chi connectivity index (χ0v) is 17.8. The number of hydrogen-bond donors (Lipinski definition) is 1. The maximum atomic E-state index is 13.1. The minimum Gasteiger partial charge on any atom is -0.497 e. The Morgan fingerprint density at radius 1 is 1.03 bits per heavy atom. The van der Waals surface area contributed by atoms with E-state index in [-0.39, 0.29) is 10.8 Å². The number of fused-ring (bicyclic) bond motifs is 1. The van der Waals surface area contributed by atoms with Crippen LogP contribution in [0.5, 0.6) is 5.75 Å². The fourth-order valence-electron chi connectivity index (χ4n) is 3.49. The van der Waals surface area contributed by atoms with Gasteiger partial charge in [-0.1, -0.05) is 0 Å². The van der Waals surface area contributed by atoms with Gasteiger partial charge in [0.1, 0.15) is 5.75 Å². The molecule has 2 aliphatic rings. The SMILES string of the molecule is COc1ccc(N2CCN(S(=O)(=O)c3ccc4c(c3)NC(=O)CCS4)CC2)cc1. The molecule has 2 aliphatic heterocycles. The topological polar surface area (TPSA) is 79.0 Å². The van der Waals surface area contributed by atoms with E-state index < -0.39 is 10.0 Å². The number of thioether (sulfide) groups is 1. The molecule has 0 radical (unpaired) electrons. The van der Waals surface area contributed by atoms with Crippen LogP contribution in [0, 0.1) is 0 Å². The highest BCUT2D eigenvalue weighted by atomic mass is 32.2. The van der Waals surface area contributed by atoms with Gasteiger partial charge in [-0.25, -0.2) is 8.42 Å². The molecule has 1 N–H and O–H groups in total. The largest absolute Gasteiger partial charge is 0.497 e. The van der Waals surface area contributed by atoms with E-state index in [4.69, 9.17) is 4.74 Å². The summed E-state index contributed by atoms with van der Waals surface area (Å²) in [6.07, 6.45) is 0.425. The lowest BCUT2D eigenvalue weighted by molar-refractivity contribution is -0.115. The number of benzene rings is 2. The molecule has 0 unspecified atom stereocenters. The molecule has 0 aliphatic carbocycles. The first kappa shape index (κ1) is 20.1. The molecule has 1 saturated heterocycles. The summed E-state index contributed by atoms with van der Waals surface area (Å²) in [5, 5.41) is 2.81. The number of sulfonamides is 1. The third kappa shape index (κ3) is 4.22. The minimum atomic E-state index is -3.62. The summed E-state index contributed by atoms with van der Waals surface area (Å²) in [6.45, 7) is 2.05. The van der Waals surface area contributed by atoms with Crippen molar-refractivity contribution in [1.29, 1.82) is 0 Å². The standard InChI is InChI=1S/C20H23N3O4S2/c1-27-16-4-2-15(3-5-16)22-9-11-23(12-10-22)29(25,26)17-6-7-19-18(14-17)21-20(24)8-13-28-19/h2-7,14H,8-13H2,1H3,(H,21,24). The normalized spacial score (nSPS) is 18.0. The molecule has 2 aromatic carbocycles. The molecule has 9 heteroatoms. The lowest BCUT2D eigenvalue weighted by Gasteiger charge is -2.35. The predicted molar refractivity (Wildman–Crippen MR) is 114 cm³/mol. The maximum absolute atomic E-state index is 13.1. The molecule has 4 rings (SSSR count). The van der Waals surface area contributed by atoms with Gasteiger partial charge >= 0.3 is 0 Å². The van der Waals surface area contributed by atoms with Crippen molar-refractivity contribution in [3.05, 3.63) is 42.5 Å². The lowest BCUT2D eigenvalue weighted by Crippen LogP contribution is -2.48. The fourth-order valence-corrected chi connectivity index (χ4v) is 5.87.